The van der Waals surface area contributed by atoms with Crippen molar-refractivity contribution in [3.8, 4) is 0 Å². The molecule has 1 aromatic heterocycles. The van der Waals surface area contributed by atoms with Crippen molar-refractivity contribution in [2.75, 3.05) is 11.5 Å². The summed E-state index contributed by atoms with van der Waals surface area (Å²) in [6.07, 6.45) is 1.77. The summed E-state index contributed by atoms with van der Waals surface area (Å²) in [7, 11) is -7.06. The van der Waals surface area contributed by atoms with Crippen LogP contribution in [0.25, 0.3) is 0 Å². The molecule has 0 spiro atoms. The molecular formula is C18H23NO5S2. The molecule has 0 N–H and O–H groups in total. The van der Waals surface area contributed by atoms with Crippen LogP contribution in [-0.4, -0.2) is 38.7 Å². The maximum absolute atomic E-state index is 13.2. The van der Waals surface area contributed by atoms with E-state index in [0.717, 1.165) is 5.56 Å². The molecule has 0 radical (unpaired) electrons. The molecule has 0 amide bonds. The fourth-order valence-electron chi connectivity index (χ4n) is 3.13. The standard InChI is InChI=1S/C18H23NO5S2/c1-14(2)15-5-7-18(8-6-15)26(22,23)19(12-17-4-3-10-24-17)16-9-11-25(20,21)13-16/h3-8,10,14,16H,9,11-13H2,1-2H3/t16-/m1/s1. The van der Waals surface area contributed by atoms with Gasteiger partial charge < -0.3 is 4.42 Å². The van der Waals surface area contributed by atoms with Crippen molar-refractivity contribution in [2.24, 2.45) is 0 Å². The Balaban J connectivity index is 1.96. The number of nitrogens with zero attached hydrogens (tertiary/aromatic N) is 1. The molecule has 2 aromatic rings. The Kier molecular flexibility index (Phi) is 5.28. The number of sulfonamides is 1. The van der Waals surface area contributed by atoms with Gasteiger partial charge in [0.2, 0.25) is 10.0 Å². The van der Waals surface area contributed by atoms with Gasteiger partial charge in [-0.3, -0.25) is 0 Å². The highest BCUT2D eigenvalue weighted by Gasteiger charge is 2.39. The number of furan rings is 1. The minimum Gasteiger partial charge on any atom is -0.468 e. The third-order valence-corrected chi connectivity index (χ3v) is 8.32. The number of sulfone groups is 1. The molecule has 3 rings (SSSR count). The molecule has 1 aliphatic rings. The van der Waals surface area contributed by atoms with E-state index in [1.807, 2.05) is 13.8 Å². The lowest BCUT2D eigenvalue weighted by molar-refractivity contribution is 0.307. The quantitative estimate of drug-likeness (QED) is 0.748. The van der Waals surface area contributed by atoms with E-state index in [-0.39, 0.29) is 22.9 Å². The summed E-state index contributed by atoms with van der Waals surface area (Å²) in [5.74, 6) is 0.633. The summed E-state index contributed by atoms with van der Waals surface area (Å²) in [5, 5.41) is 0. The van der Waals surface area contributed by atoms with Gasteiger partial charge in [-0.2, -0.15) is 4.31 Å². The van der Waals surface area contributed by atoms with Gasteiger partial charge in [-0.05, 0) is 42.2 Å². The molecule has 1 fully saturated rings. The van der Waals surface area contributed by atoms with E-state index in [1.54, 1.807) is 36.4 Å². The first-order valence-corrected chi connectivity index (χ1v) is 11.8. The second-order valence-corrected chi connectivity index (χ2v) is 11.0. The normalized spacial score (nSPS) is 20.1. The summed E-state index contributed by atoms with van der Waals surface area (Å²) in [6, 6.07) is 9.56. The summed E-state index contributed by atoms with van der Waals surface area (Å²) >= 11 is 0. The Morgan fingerprint density at radius 2 is 1.88 bits per heavy atom. The molecule has 0 aliphatic carbocycles. The van der Waals surface area contributed by atoms with Gasteiger partial charge in [-0.15, -0.1) is 0 Å². The van der Waals surface area contributed by atoms with Gasteiger partial charge in [0.05, 0.1) is 29.2 Å². The van der Waals surface area contributed by atoms with Crippen LogP contribution in [0.2, 0.25) is 0 Å². The van der Waals surface area contributed by atoms with Crippen LogP contribution in [0.1, 0.15) is 37.5 Å². The summed E-state index contributed by atoms with van der Waals surface area (Å²) in [4.78, 5) is 0.165. The fourth-order valence-corrected chi connectivity index (χ4v) is 6.57. The zero-order valence-corrected chi connectivity index (χ0v) is 16.5. The van der Waals surface area contributed by atoms with Crippen LogP contribution >= 0.6 is 0 Å². The molecule has 142 valence electrons. The Labute approximate surface area is 154 Å². The van der Waals surface area contributed by atoms with Crippen LogP contribution < -0.4 is 0 Å². The molecule has 1 aliphatic heterocycles. The van der Waals surface area contributed by atoms with Crippen LogP contribution in [0.5, 0.6) is 0 Å². The number of hydrogen-bond acceptors (Lipinski definition) is 5. The third-order valence-electron chi connectivity index (χ3n) is 4.66. The fraction of sp³-hybridized carbons (Fsp3) is 0.444. The van der Waals surface area contributed by atoms with E-state index in [4.69, 9.17) is 4.42 Å². The predicted octanol–water partition coefficient (Wildman–Crippen LogP) is 2.78. The maximum atomic E-state index is 13.2. The lowest BCUT2D eigenvalue weighted by Gasteiger charge is -2.26. The molecule has 0 saturated carbocycles. The van der Waals surface area contributed by atoms with Crippen molar-refractivity contribution >= 4 is 19.9 Å². The van der Waals surface area contributed by atoms with Crippen molar-refractivity contribution in [3.05, 3.63) is 54.0 Å². The van der Waals surface area contributed by atoms with Crippen molar-refractivity contribution in [1.29, 1.82) is 0 Å². The van der Waals surface area contributed by atoms with E-state index >= 15 is 0 Å². The molecule has 1 aromatic carbocycles. The monoisotopic (exact) mass is 397 g/mol. The van der Waals surface area contributed by atoms with Gasteiger partial charge in [0.1, 0.15) is 5.76 Å². The number of benzene rings is 1. The first kappa shape index (κ1) is 19.1. The third kappa shape index (κ3) is 4.02. The van der Waals surface area contributed by atoms with Crippen LogP contribution in [0.15, 0.2) is 52.0 Å². The van der Waals surface area contributed by atoms with Crippen molar-refractivity contribution in [3.63, 3.8) is 0 Å². The molecule has 0 bridgehead atoms. The second-order valence-electron chi connectivity index (χ2n) is 6.91. The highest BCUT2D eigenvalue weighted by Crippen LogP contribution is 2.28. The van der Waals surface area contributed by atoms with Gasteiger partial charge in [-0.1, -0.05) is 26.0 Å². The predicted molar refractivity (Wildman–Crippen MR) is 99.0 cm³/mol. The minimum atomic E-state index is -3.84. The van der Waals surface area contributed by atoms with Gasteiger partial charge in [0.25, 0.3) is 0 Å². The van der Waals surface area contributed by atoms with E-state index in [9.17, 15) is 16.8 Å². The smallest absolute Gasteiger partial charge is 0.243 e. The lowest BCUT2D eigenvalue weighted by Crippen LogP contribution is -2.40. The molecule has 8 heteroatoms. The van der Waals surface area contributed by atoms with Gasteiger partial charge >= 0.3 is 0 Å². The first-order chi connectivity index (χ1) is 12.2. The Bertz CT molecular complexity index is 946. The molecular weight excluding hydrogens is 374 g/mol. The summed E-state index contributed by atoms with van der Waals surface area (Å²) in [5.41, 5.74) is 1.05. The number of hydrogen-bond donors (Lipinski definition) is 0. The maximum Gasteiger partial charge on any atom is 0.243 e. The molecule has 6 nitrogen and oxygen atoms in total. The molecule has 2 heterocycles. The molecule has 1 saturated heterocycles. The average molecular weight is 398 g/mol. The van der Waals surface area contributed by atoms with Gasteiger partial charge in [-0.25, -0.2) is 16.8 Å². The van der Waals surface area contributed by atoms with Crippen LogP contribution in [0.4, 0.5) is 0 Å². The van der Waals surface area contributed by atoms with Crippen molar-refractivity contribution in [2.45, 2.75) is 43.7 Å². The second kappa shape index (κ2) is 7.17. The Hall–Kier alpha value is -1.64. The first-order valence-electron chi connectivity index (χ1n) is 8.54. The van der Waals surface area contributed by atoms with Crippen LogP contribution in [-0.2, 0) is 26.4 Å². The van der Waals surface area contributed by atoms with E-state index in [1.165, 1.54) is 10.6 Å². The number of rotatable bonds is 6. The Morgan fingerprint density at radius 3 is 2.38 bits per heavy atom. The van der Waals surface area contributed by atoms with Gasteiger partial charge in [0.15, 0.2) is 9.84 Å². The SMILES string of the molecule is CC(C)c1ccc(S(=O)(=O)N(Cc2ccco2)[C@@H]2CCS(=O)(=O)C2)cc1. The minimum absolute atomic E-state index is 0.00806. The highest BCUT2D eigenvalue weighted by molar-refractivity contribution is 7.92. The molecule has 0 unspecified atom stereocenters. The highest BCUT2D eigenvalue weighted by atomic mass is 32.2. The lowest BCUT2D eigenvalue weighted by atomic mass is 10.0. The van der Waals surface area contributed by atoms with Crippen molar-refractivity contribution in [1.82, 2.24) is 4.31 Å². The Morgan fingerprint density at radius 1 is 1.19 bits per heavy atom. The van der Waals surface area contributed by atoms with Crippen LogP contribution in [0.3, 0.4) is 0 Å². The largest absolute Gasteiger partial charge is 0.468 e. The zero-order chi connectivity index (χ0) is 18.9. The molecule has 26 heavy (non-hydrogen) atoms. The average Bonchev–Trinajstić information content (AvgIpc) is 3.21. The molecule has 1 atom stereocenters. The van der Waals surface area contributed by atoms with Gasteiger partial charge in [0, 0.05) is 6.04 Å². The topological polar surface area (TPSA) is 84.7 Å². The van der Waals surface area contributed by atoms with Crippen molar-refractivity contribution < 1.29 is 21.3 Å². The summed E-state index contributed by atoms with van der Waals surface area (Å²) in [6.45, 7) is 4.09. The van der Waals surface area contributed by atoms with E-state index < -0.39 is 25.9 Å². The zero-order valence-electron chi connectivity index (χ0n) is 14.8. The van der Waals surface area contributed by atoms with E-state index in [2.05, 4.69) is 0 Å². The summed E-state index contributed by atoms with van der Waals surface area (Å²) < 4.78 is 56.8. The van der Waals surface area contributed by atoms with E-state index in [0.29, 0.717) is 18.1 Å². The van der Waals surface area contributed by atoms with Crippen LogP contribution in [0, 0.1) is 0 Å².